The molecule has 10 heteroatoms. The second-order valence-corrected chi connectivity index (χ2v) is 7.04. The quantitative estimate of drug-likeness (QED) is 0.647. The van der Waals surface area contributed by atoms with Gasteiger partial charge < -0.3 is 14.8 Å². The molecular weight excluding hydrogens is 362 g/mol. The van der Waals surface area contributed by atoms with E-state index in [1.54, 1.807) is 10.9 Å². The van der Waals surface area contributed by atoms with Gasteiger partial charge in [-0.25, -0.2) is 14.3 Å². The summed E-state index contributed by atoms with van der Waals surface area (Å²) < 4.78 is 14.5. The number of ether oxygens (including phenoxy) is 2. The monoisotopic (exact) mass is 391 g/mol. The lowest BCUT2D eigenvalue weighted by molar-refractivity contribution is -0.145. The Bertz CT molecular complexity index is 780. The highest BCUT2D eigenvalue weighted by molar-refractivity contribution is 5.92. The smallest absolute Gasteiger partial charge is 0.274 e. The van der Waals surface area contributed by atoms with Gasteiger partial charge in [0, 0.05) is 25.7 Å². The van der Waals surface area contributed by atoms with Gasteiger partial charge in [0.2, 0.25) is 0 Å². The zero-order valence-corrected chi connectivity index (χ0v) is 17.0. The normalized spacial score (nSPS) is 16.6. The van der Waals surface area contributed by atoms with Crippen LogP contribution in [0.4, 0.5) is 0 Å². The molecule has 0 aliphatic carbocycles. The highest BCUT2D eigenvalue weighted by atomic mass is 16.7. The van der Waals surface area contributed by atoms with E-state index in [0.717, 1.165) is 31.0 Å². The number of hydrogen-bond acceptors (Lipinski definition) is 7. The van der Waals surface area contributed by atoms with E-state index >= 15 is 0 Å². The number of hydrogen-bond donors (Lipinski definition) is 1. The Labute approximate surface area is 164 Å². The Morgan fingerprint density at radius 1 is 1.32 bits per heavy atom. The maximum absolute atomic E-state index is 12.7. The lowest BCUT2D eigenvalue weighted by Gasteiger charge is -2.22. The third kappa shape index (κ3) is 4.74. The summed E-state index contributed by atoms with van der Waals surface area (Å²) in [4.78, 5) is 17.3. The summed E-state index contributed by atoms with van der Waals surface area (Å²) in [6.45, 7) is 10.2. The third-order valence-corrected chi connectivity index (χ3v) is 4.53. The van der Waals surface area contributed by atoms with Gasteiger partial charge in [-0.3, -0.25) is 4.79 Å². The first-order valence-electron chi connectivity index (χ1n) is 9.90. The molecule has 1 aliphatic heterocycles. The Kier molecular flexibility index (Phi) is 6.74. The fourth-order valence-electron chi connectivity index (χ4n) is 3.15. The number of aromatic nitrogens is 6. The fraction of sp³-hybridized carbons (Fsp3) is 0.722. The first-order chi connectivity index (χ1) is 13.5. The van der Waals surface area contributed by atoms with Crippen molar-refractivity contribution in [2.24, 2.45) is 0 Å². The molecule has 1 amide bonds. The highest BCUT2D eigenvalue weighted by Crippen LogP contribution is 2.25. The molecule has 0 aromatic carbocycles. The topological polar surface area (TPSA) is 109 Å². The lowest BCUT2D eigenvalue weighted by atomic mass is 10.1. The van der Waals surface area contributed by atoms with Crippen LogP contribution in [0, 0.1) is 0 Å². The standard InChI is InChI=1S/C18H29N7O3/c1-5-27-15(28-6-2)11-24-10-14(21-23-24)18(26)19-13-8-7-9-25-17(13)20-16(22-25)12(3)4/h10,12-13,15H,5-9,11H2,1-4H3,(H,19,26)/t13-/m1/s1. The summed E-state index contributed by atoms with van der Waals surface area (Å²) in [5.41, 5.74) is 0.257. The van der Waals surface area contributed by atoms with Crippen molar-refractivity contribution in [3.8, 4) is 0 Å². The van der Waals surface area contributed by atoms with E-state index in [0.29, 0.717) is 19.8 Å². The number of aryl methyl sites for hydroxylation is 1. The zero-order valence-electron chi connectivity index (χ0n) is 17.0. The van der Waals surface area contributed by atoms with E-state index in [1.165, 1.54) is 0 Å². The number of amides is 1. The van der Waals surface area contributed by atoms with Crippen LogP contribution in [0.25, 0.3) is 0 Å². The van der Waals surface area contributed by atoms with Gasteiger partial charge in [-0.05, 0) is 26.7 Å². The molecule has 1 aliphatic rings. The molecule has 2 aromatic heterocycles. The Balaban J connectivity index is 1.65. The SMILES string of the molecule is CCOC(Cn1cc(C(=O)N[C@@H]2CCCn3nc(C(C)C)nc32)nn1)OCC. The summed E-state index contributed by atoms with van der Waals surface area (Å²) in [5, 5.41) is 15.6. The highest BCUT2D eigenvalue weighted by Gasteiger charge is 2.27. The number of carbonyl (C=O) groups is 1. The molecule has 0 unspecified atom stereocenters. The summed E-state index contributed by atoms with van der Waals surface area (Å²) in [6, 6.07) is -0.175. The first kappa shape index (κ1) is 20.4. The third-order valence-electron chi connectivity index (χ3n) is 4.53. The molecule has 0 spiro atoms. The van der Waals surface area contributed by atoms with Gasteiger partial charge in [-0.1, -0.05) is 19.1 Å². The largest absolute Gasteiger partial charge is 0.351 e. The number of rotatable bonds is 9. The second kappa shape index (κ2) is 9.24. The number of carbonyl (C=O) groups excluding carboxylic acids is 1. The molecule has 1 atom stereocenters. The van der Waals surface area contributed by atoms with Gasteiger partial charge in [0.25, 0.3) is 5.91 Å². The van der Waals surface area contributed by atoms with Crippen molar-refractivity contribution < 1.29 is 14.3 Å². The fourth-order valence-corrected chi connectivity index (χ4v) is 3.15. The Hall–Kier alpha value is -2.33. The number of nitrogens with one attached hydrogen (secondary N) is 1. The molecule has 28 heavy (non-hydrogen) atoms. The van der Waals surface area contributed by atoms with Crippen molar-refractivity contribution in [2.75, 3.05) is 13.2 Å². The Morgan fingerprint density at radius 2 is 2.07 bits per heavy atom. The molecule has 3 heterocycles. The predicted octanol–water partition coefficient (Wildman–Crippen LogP) is 1.66. The van der Waals surface area contributed by atoms with Crippen molar-refractivity contribution >= 4 is 5.91 Å². The molecule has 0 bridgehead atoms. The van der Waals surface area contributed by atoms with Gasteiger partial charge in [-0.15, -0.1) is 5.10 Å². The number of nitrogens with zero attached hydrogens (tertiary/aromatic N) is 6. The Morgan fingerprint density at radius 3 is 2.75 bits per heavy atom. The van der Waals surface area contributed by atoms with Gasteiger partial charge in [0.1, 0.15) is 5.82 Å². The average molecular weight is 391 g/mol. The van der Waals surface area contributed by atoms with Crippen LogP contribution in [-0.2, 0) is 22.6 Å². The molecule has 2 aromatic rings. The van der Waals surface area contributed by atoms with Crippen LogP contribution in [0.5, 0.6) is 0 Å². The summed E-state index contributed by atoms with van der Waals surface area (Å²) in [6.07, 6.45) is 2.95. The first-order valence-corrected chi connectivity index (χ1v) is 9.90. The number of fused-ring (bicyclic) bond motifs is 1. The van der Waals surface area contributed by atoms with Crippen LogP contribution in [0.1, 0.15) is 74.6 Å². The molecule has 154 valence electrons. The average Bonchev–Trinajstić information content (AvgIpc) is 3.29. The summed E-state index contributed by atoms with van der Waals surface area (Å²) >= 11 is 0. The van der Waals surface area contributed by atoms with Gasteiger partial charge in [0.15, 0.2) is 17.8 Å². The van der Waals surface area contributed by atoms with Gasteiger partial charge >= 0.3 is 0 Å². The van der Waals surface area contributed by atoms with E-state index in [9.17, 15) is 4.79 Å². The van der Waals surface area contributed by atoms with Gasteiger partial charge in [-0.2, -0.15) is 5.10 Å². The molecule has 10 nitrogen and oxygen atoms in total. The molecule has 0 fully saturated rings. The van der Waals surface area contributed by atoms with E-state index < -0.39 is 6.29 Å². The van der Waals surface area contributed by atoms with Crippen molar-refractivity contribution in [3.63, 3.8) is 0 Å². The van der Waals surface area contributed by atoms with Crippen LogP contribution < -0.4 is 5.32 Å². The van der Waals surface area contributed by atoms with E-state index in [1.807, 2.05) is 18.5 Å². The molecule has 0 saturated carbocycles. The minimum Gasteiger partial charge on any atom is -0.351 e. The van der Waals surface area contributed by atoms with Crippen molar-refractivity contribution in [1.82, 2.24) is 35.1 Å². The second-order valence-electron chi connectivity index (χ2n) is 7.04. The molecule has 1 N–H and O–H groups in total. The maximum atomic E-state index is 12.7. The molecule has 3 rings (SSSR count). The zero-order chi connectivity index (χ0) is 20.1. The minimum atomic E-state index is -0.418. The van der Waals surface area contributed by atoms with E-state index in [2.05, 4.69) is 39.6 Å². The van der Waals surface area contributed by atoms with E-state index in [-0.39, 0.29) is 23.6 Å². The van der Waals surface area contributed by atoms with E-state index in [4.69, 9.17) is 9.47 Å². The van der Waals surface area contributed by atoms with Crippen LogP contribution >= 0.6 is 0 Å². The minimum absolute atomic E-state index is 0.175. The van der Waals surface area contributed by atoms with Crippen molar-refractivity contribution in [3.05, 3.63) is 23.5 Å². The summed E-state index contributed by atoms with van der Waals surface area (Å²) in [5.74, 6) is 1.59. The van der Waals surface area contributed by atoms with Crippen LogP contribution in [0.2, 0.25) is 0 Å². The van der Waals surface area contributed by atoms with Crippen molar-refractivity contribution in [1.29, 1.82) is 0 Å². The van der Waals surface area contributed by atoms with Crippen LogP contribution in [0.15, 0.2) is 6.20 Å². The molecule has 0 radical (unpaired) electrons. The van der Waals surface area contributed by atoms with Crippen LogP contribution in [0.3, 0.4) is 0 Å². The molecule has 0 saturated heterocycles. The van der Waals surface area contributed by atoms with Crippen molar-refractivity contribution in [2.45, 2.75) is 71.9 Å². The predicted molar refractivity (Wildman–Crippen MR) is 101 cm³/mol. The van der Waals surface area contributed by atoms with Gasteiger partial charge in [0.05, 0.1) is 18.8 Å². The molecular formula is C18H29N7O3. The maximum Gasteiger partial charge on any atom is 0.274 e. The summed E-state index contributed by atoms with van der Waals surface area (Å²) in [7, 11) is 0. The van der Waals surface area contributed by atoms with Crippen LogP contribution in [-0.4, -0.2) is 55.2 Å². The lowest BCUT2D eigenvalue weighted by Crippen LogP contribution is -2.33.